The van der Waals surface area contributed by atoms with Crippen LogP contribution >= 0.6 is 22.6 Å². The van der Waals surface area contributed by atoms with E-state index >= 15 is 0 Å². The largest absolute Gasteiger partial charge is 0.507 e. The first-order valence-electron chi connectivity index (χ1n) is 6.01. The van der Waals surface area contributed by atoms with Gasteiger partial charge in [0.15, 0.2) is 5.65 Å². The van der Waals surface area contributed by atoms with Crippen molar-refractivity contribution in [1.82, 2.24) is 14.5 Å². The summed E-state index contributed by atoms with van der Waals surface area (Å²) in [5, 5.41) is 9.84. The summed E-state index contributed by atoms with van der Waals surface area (Å²) in [4.78, 5) is 8.99. The van der Waals surface area contributed by atoms with Gasteiger partial charge in [-0.25, -0.2) is 9.97 Å². The summed E-state index contributed by atoms with van der Waals surface area (Å²) in [6.45, 7) is 2.85. The number of hydrogen-bond acceptors (Lipinski definition) is 3. The minimum atomic E-state index is 0.278. The zero-order chi connectivity index (χ0) is 13.4. The lowest BCUT2D eigenvalue weighted by Crippen LogP contribution is -1.98. The Morgan fingerprint density at radius 1 is 1.32 bits per heavy atom. The topological polar surface area (TPSA) is 50.9 Å². The first-order valence-corrected chi connectivity index (χ1v) is 7.08. The van der Waals surface area contributed by atoms with Crippen molar-refractivity contribution in [2.24, 2.45) is 0 Å². The number of hydrogen-bond donors (Lipinski definition) is 1. The van der Waals surface area contributed by atoms with Crippen LogP contribution in [-0.4, -0.2) is 19.6 Å². The maximum atomic E-state index is 9.84. The Morgan fingerprint density at radius 3 is 2.89 bits per heavy atom. The Hall–Kier alpha value is -1.63. The molecule has 2 heterocycles. The zero-order valence-corrected chi connectivity index (χ0v) is 12.5. The molecule has 0 saturated carbocycles. The number of fused-ring (bicyclic) bond motifs is 1. The summed E-state index contributed by atoms with van der Waals surface area (Å²) in [6, 6.07) is 9.43. The van der Waals surface area contributed by atoms with Crippen LogP contribution in [0, 0.1) is 3.57 Å². The fourth-order valence-corrected chi connectivity index (χ4v) is 2.47. The number of phenols is 1. The molecule has 0 bridgehead atoms. The highest BCUT2D eigenvalue weighted by molar-refractivity contribution is 14.1. The van der Waals surface area contributed by atoms with E-state index in [9.17, 15) is 5.11 Å². The van der Waals surface area contributed by atoms with E-state index in [0.717, 1.165) is 32.7 Å². The molecule has 0 unspecified atom stereocenters. The van der Waals surface area contributed by atoms with E-state index in [-0.39, 0.29) is 5.75 Å². The van der Waals surface area contributed by atoms with Crippen LogP contribution in [0.5, 0.6) is 5.75 Å². The molecule has 0 aliphatic carbocycles. The van der Waals surface area contributed by atoms with Gasteiger partial charge in [-0.1, -0.05) is 0 Å². The summed E-state index contributed by atoms with van der Waals surface area (Å²) >= 11 is 2.10. The van der Waals surface area contributed by atoms with Crippen molar-refractivity contribution in [3.05, 3.63) is 40.1 Å². The summed E-state index contributed by atoms with van der Waals surface area (Å²) in [5.41, 5.74) is 2.65. The molecule has 0 aliphatic heterocycles. The van der Waals surface area contributed by atoms with E-state index in [1.165, 1.54) is 0 Å². The number of pyridine rings is 1. The first kappa shape index (κ1) is 12.4. The average molecular weight is 365 g/mol. The molecule has 0 atom stereocenters. The molecule has 0 aliphatic rings. The van der Waals surface area contributed by atoms with Gasteiger partial charge < -0.3 is 9.67 Å². The van der Waals surface area contributed by atoms with Crippen LogP contribution in [0.2, 0.25) is 0 Å². The van der Waals surface area contributed by atoms with Crippen molar-refractivity contribution in [3.63, 3.8) is 0 Å². The van der Waals surface area contributed by atoms with Gasteiger partial charge in [-0.3, -0.25) is 0 Å². The quantitative estimate of drug-likeness (QED) is 0.708. The van der Waals surface area contributed by atoms with E-state index in [1.807, 2.05) is 24.3 Å². The molecule has 3 rings (SSSR count). The minimum Gasteiger partial charge on any atom is -0.507 e. The van der Waals surface area contributed by atoms with Gasteiger partial charge >= 0.3 is 0 Å². The number of phenolic OH excluding ortho intramolecular Hbond substituents is 1. The van der Waals surface area contributed by atoms with Gasteiger partial charge in [0.05, 0.1) is 3.57 Å². The van der Waals surface area contributed by atoms with E-state index in [0.29, 0.717) is 0 Å². The molecule has 0 saturated heterocycles. The molecule has 5 heteroatoms. The average Bonchev–Trinajstić information content (AvgIpc) is 2.80. The minimum absolute atomic E-state index is 0.278. The third kappa shape index (κ3) is 2.07. The molecule has 2 aromatic heterocycles. The third-order valence-electron chi connectivity index (χ3n) is 3.02. The van der Waals surface area contributed by atoms with Crippen molar-refractivity contribution in [2.45, 2.75) is 13.5 Å². The molecule has 96 valence electrons. The van der Waals surface area contributed by atoms with Gasteiger partial charge in [0.25, 0.3) is 0 Å². The SMILES string of the molecule is CCn1c(-c2ccc(I)c(O)c2)nc2cccnc21. The zero-order valence-electron chi connectivity index (χ0n) is 10.3. The number of aryl methyl sites for hydroxylation is 1. The molecule has 19 heavy (non-hydrogen) atoms. The Kier molecular flexibility index (Phi) is 3.14. The predicted octanol–water partition coefficient (Wildman–Crippen LogP) is 3.43. The Morgan fingerprint density at radius 2 is 2.16 bits per heavy atom. The molecule has 0 amide bonds. The molecule has 1 N–H and O–H groups in total. The summed E-state index contributed by atoms with van der Waals surface area (Å²) in [6.07, 6.45) is 1.77. The van der Waals surface area contributed by atoms with Crippen LogP contribution in [-0.2, 0) is 6.54 Å². The maximum absolute atomic E-state index is 9.84. The third-order valence-corrected chi connectivity index (χ3v) is 3.94. The first-order chi connectivity index (χ1) is 9.20. The van der Waals surface area contributed by atoms with Crippen molar-refractivity contribution in [2.75, 3.05) is 0 Å². The summed E-state index contributed by atoms with van der Waals surface area (Å²) in [5.74, 6) is 1.11. The van der Waals surface area contributed by atoms with Crippen LogP contribution in [0.4, 0.5) is 0 Å². The van der Waals surface area contributed by atoms with Gasteiger partial charge in [0, 0.05) is 18.3 Å². The van der Waals surface area contributed by atoms with Crippen molar-refractivity contribution >= 4 is 33.8 Å². The van der Waals surface area contributed by atoms with Crippen molar-refractivity contribution in [1.29, 1.82) is 0 Å². The Labute approximate surface area is 124 Å². The molecule has 1 aromatic carbocycles. The molecule has 4 nitrogen and oxygen atoms in total. The number of imidazole rings is 1. The standard InChI is InChI=1S/C14H12IN3O/c1-2-18-13(9-5-6-10(15)12(19)8-9)17-11-4-3-7-16-14(11)18/h3-8,19H,2H2,1H3. The molecule has 0 spiro atoms. The lowest BCUT2D eigenvalue weighted by atomic mass is 10.2. The number of nitrogens with zero attached hydrogens (tertiary/aromatic N) is 3. The highest BCUT2D eigenvalue weighted by Crippen LogP contribution is 2.28. The second-order valence-corrected chi connectivity index (χ2v) is 5.35. The van der Waals surface area contributed by atoms with Gasteiger partial charge in [0.1, 0.15) is 17.1 Å². The van der Waals surface area contributed by atoms with Crippen LogP contribution < -0.4 is 0 Å². The molecular formula is C14H12IN3O. The van der Waals surface area contributed by atoms with Gasteiger partial charge in [-0.15, -0.1) is 0 Å². The Bertz CT molecular complexity index is 752. The highest BCUT2D eigenvalue weighted by atomic mass is 127. The number of aromatic hydroxyl groups is 1. The summed E-state index contributed by atoms with van der Waals surface area (Å²) < 4.78 is 2.88. The van der Waals surface area contributed by atoms with Gasteiger partial charge in [-0.05, 0) is 59.8 Å². The predicted molar refractivity (Wildman–Crippen MR) is 83.0 cm³/mol. The van der Waals surface area contributed by atoms with Gasteiger partial charge in [-0.2, -0.15) is 0 Å². The van der Waals surface area contributed by atoms with E-state index < -0.39 is 0 Å². The van der Waals surface area contributed by atoms with Crippen molar-refractivity contribution in [3.8, 4) is 17.1 Å². The molecule has 3 aromatic rings. The Balaban J connectivity index is 2.26. The van der Waals surface area contributed by atoms with Crippen LogP contribution in [0.3, 0.4) is 0 Å². The second-order valence-electron chi connectivity index (χ2n) is 4.19. The number of benzene rings is 1. The van der Waals surface area contributed by atoms with Crippen LogP contribution in [0.1, 0.15) is 6.92 Å². The van der Waals surface area contributed by atoms with Crippen LogP contribution in [0.15, 0.2) is 36.5 Å². The van der Waals surface area contributed by atoms with Crippen molar-refractivity contribution < 1.29 is 5.11 Å². The fraction of sp³-hybridized carbons (Fsp3) is 0.143. The number of rotatable bonds is 2. The fourth-order valence-electron chi connectivity index (χ4n) is 2.13. The maximum Gasteiger partial charge on any atom is 0.160 e. The molecule has 0 radical (unpaired) electrons. The lowest BCUT2D eigenvalue weighted by Gasteiger charge is -2.06. The molecule has 0 fully saturated rings. The second kappa shape index (κ2) is 4.80. The van der Waals surface area contributed by atoms with Gasteiger partial charge in [0.2, 0.25) is 0 Å². The normalized spacial score (nSPS) is 11.1. The van der Waals surface area contributed by atoms with E-state index in [2.05, 4.69) is 44.0 Å². The number of halogens is 1. The molecular weight excluding hydrogens is 353 g/mol. The highest BCUT2D eigenvalue weighted by Gasteiger charge is 2.13. The number of aromatic nitrogens is 3. The summed E-state index contributed by atoms with van der Waals surface area (Å²) in [7, 11) is 0. The smallest absolute Gasteiger partial charge is 0.160 e. The lowest BCUT2D eigenvalue weighted by molar-refractivity contribution is 0.471. The van der Waals surface area contributed by atoms with Crippen LogP contribution in [0.25, 0.3) is 22.6 Å². The van der Waals surface area contributed by atoms with E-state index in [1.54, 1.807) is 12.3 Å². The van der Waals surface area contributed by atoms with E-state index in [4.69, 9.17) is 0 Å². The monoisotopic (exact) mass is 365 g/mol.